The van der Waals surface area contributed by atoms with Gasteiger partial charge in [0.2, 0.25) is 17.7 Å². The van der Waals surface area contributed by atoms with Crippen LogP contribution in [0.3, 0.4) is 0 Å². The fourth-order valence-electron chi connectivity index (χ4n) is 3.56. The molecule has 13 nitrogen and oxygen atoms in total. The molecule has 1 rings (SSSR count). The van der Waals surface area contributed by atoms with Crippen LogP contribution in [0.2, 0.25) is 0 Å². The summed E-state index contributed by atoms with van der Waals surface area (Å²) in [6, 6.07) is -4.91. The Hall–Kier alpha value is -3.22. The molecule has 0 bridgehead atoms. The van der Waals surface area contributed by atoms with Gasteiger partial charge in [-0.3, -0.25) is 24.0 Å². The number of carbonyl (C=O) groups excluding carboxylic acids is 3. The summed E-state index contributed by atoms with van der Waals surface area (Å²) in [5.74, 6) is -6.09. The molecular weight excluding hydrogens is 440 g/mol. The first-order chi connectivity index (χ1) is 15.3. The average molecular weight is 472 g/mol. The normalized spacial score (nSPS) is 18.3. The van der Waals surface area contributed by atoms with E-state index in [1.54, 1.807) is 13.8 Å². The minimum absolute atomic E-state index is 0.0495. The van der Waals surface area contributed by atoms with Crippen molar-refractivity contribution in [1.82, 2.24) is 15.5 Å². The molecule has 33 heavy (non-hydrogen) atoms. The van der Waals surface area contributed by atoms with Crippen molar-refractivity contribution in [2.45, 2.75) is 76.5 Å². The summed E-state index contributed by atoms with van der Waals surface area (Å²) in [6.45, 7) is 3.71. The van der Waals surface area contributed by atoms with Gasteiger partial charge in [0.15, 0.2) is 0 Å². The largest absolute Gasteiger partial charge is 0.481 e. The maximum Gasteiger partial charge on any atom is 0.326 e. The number of aliphatic carboxylic acids is 3. The summed E-state index contributed by atoms with van der Waals surface area (Å²) in [6.07, 6.45) is -0.537. The van der Waals surface area contributed by atoms with E-state index in [0.717, 1.165) is 4.90 Å². The molecular formula is C20H32N4O9. The van der Waals surface area contributed by atoms with Crippen molar-refractivity contribution in [3.05, 3.63) is 0 Å². The number of nitrogens with one attached hydrogen (secondary N) is 2. The van der Waals surface area contributed by atoms with E-state index in [1.165, 1.54) is 0 Å². The molecule has 186 valence electrons. The van der Waals surface area contributed by atoms with Gasteiger partial charge in [0, 0.05) is 13.0 Å². The van der Waals surface area contributed by atoms with Gasteiger partial charge < -0.3 is 36.6 Å². The molecule has 0 aromatic heterocycles. The van der Waals surface area contributed by atoms with Crippen LogP contribution in [-0.4, -0.2) is 86.6 Å². The van der Waals surface area contributed by atoms with Crippen molar-refractivity contribution < 1.29 is 44.1 Å². The lowest BCUT2D eigenvalue weighted by atomic mass is 10.0. The lowest BCUT2D eigenvalue weighted by Crippen LogP contribution is -2.56. The van der Waals surface area contributed by atoms with E-state index in [0.29, 0.717) is 6.42 Å². The second-order valence-electron chi connectivity index (χ2n) is 8.42. The van der Waals surface area contributed by atoms with Crippen LogP contribution in [0, 0.1) is 5.92 Å². The Labute approximate surface area is 190 Å². The molecule has 4 unspecified atom stereocenters. The minimum atomic E-state index is -1.34. The van der Waals surface area contributed by atoms with Gasteiger partial charge >= 0.3 is 17.9 Å². The fraction of sp³-hybridized carbons (Fsp3) is 0.700. The van der Waals surface area contributed by atoms with Crippen LogP contribution in [-0.2, 0) is 28.8 Å². The number of hydrogen-bond donors (Lipinski definition) is 6. The van der Waals surface area contributed by atoms with Crippen molar-refractivity contribution in [3.8, 4) is 0 Å². The lowest BCUT2D eigenvalue weighted by Gasteiger charge is -2.28. The molecule has 13 heteroatoms. The highest BCUT2D eigenvalue weighted by Gasteiger charge is 2.38. The van der Waals surface area contributed by atoms with Gasteiger partial charge in [0.25, 0.3) is 0 Å². The molecule has 7 N–H and O–H groups in total. The summed E-state index contributed by atoms with van der Waals surface area (Å²) in [5.41, 5.74) is 5.62. The number of rotatable bonds is 13. The average Bonchev–Trinajstić information content (AvgIpc) is 3.18. The topological polar surface area (TPSA) is 216 Å². The minimum Gasteiger partial charge on any atom is -0.481 e. The van der Waals surface area contributed by atoms with Gasteiger partial charge in [-0.25, -0.2) is 4.79 Å². The molecule has 0 spiro atoms. The molecule has 0 aromatic rings. The van der Waals surface area contributed by atoms with E-state index in [2.05, 4.69) is 10.6 Å². The van der Waals surface area contributed by atoms with E-state index >= 15 is 0 Å². The van der Waals surface area contributed by atoms with E-state index in [4.69, 9.17) is 15.9 Å². The predicted molar refractivity (Wildman–Crippen MR) is 113 cm³/mol. The number of carbonyl (C=O) groups is 6. The Kier molecular flexibility index (Phi) is 10.7. The highest BCUT2D eigenvalue weighted by atomic mass is 16.4. The zero-order valence-electron chi connectivity index (χ0n) is 18.7. The molecule has 1 saturated heterocycles. The van der Waals surface area contributed by atoms with Crippen LogP contribution in [0.4, 0.5) is 0 Å². The van der Waals surface area contributed by atoms with Crippen LogP contribution in [0.25, 0.3) is 0 Å². The van der Waals surface area contributed by atoms with E-state index < -0.39 is 72.6 Å². The first-order valence-corrected chi connectivity index (χ1v) is 10.7. The van der Waals surface area contributed by atoms with Gasteiger partial charge in [-0.2, -0.15) is 0 Å². The quantitative estimate of drug-likeness (QED) is 0.187. The van der Waals surface area contributed by atoms with Gasteiger partial charge in [0.05, 0.1) is 12.5 Å². The van der Waals surface area contributed by atoms with E-state index in [9.17, 15) is 33.9 Å². The SMILES string of the molecule is CC(C)CC(NC(=O)C(CCC(=O)O)NC(=O)C1CCCN1C(=O)C(N)CC(=O)O)C(=O)O. The zero-order valence-corrected chi connectivity index (χ0v) is 18.7. The van der Waals surface area contributed by atoms with Crippen LogP contribution in [0.5, 0.6) is 0 Å². The number of hydrogen-bond acceptors (Lipinski definition) is 7. The van der Waals surface area contributed by atoms with E-state index in [-0.39, 0.29) is 31.7 Å². The highest BCUT2D eigenvalue weighted by molar-refractivity contribution is 5.95. The van der Waals surface area contributed by atoms with Crippen molar-refractivity contribution >= 4 is 35.6 Å². The maximum absolute atomic E-state index is 12.9. The van der Waals surface area contributed by atoms with Gasteiger partial charge in [-0.15, -0.1) is 0 Å². The van der Waals surface area contributed by atoms with Crippen LogP contribution < -0.4 is 16.4 Å². The van der Waals surface area contributed by atoms with Crippen LogP contribution >= 0.6 is 0 Å². The van der Waals surface area contributed by atoms with E-state index in [1.807, 2.05) is 0 Å². The Balaban J connectivity index is 2.95. The summed E-state index contributed by atoms with van der Waals surface area (Å²) in [4.78, 5) is 72.5. The number of carboxylic acid groups (broad SMARTS) is 3. The number of carboxylic acids is 3. The Bertz CT molecular complexity index is 771. The Morgan fingerprint density at radius 1 is 1.00 bits per heavy atom. The molecule has 1 heterocycles. The molecule has 0 saturated carbocycles. The first kappa shape index (κ1) is 27.8. The molecule has 1 aliphatic rings. The summed E-state index contributed by atoms with van der Waals surface area (Å²) >= 11 is 0. The highest BCUT2D eigenvalue weighted by Crippen LogP contribution is 2.19. The number of likely N-dealkylation sites (tertiary alicyclic amines) is 1. The van der Waals surface area contributed by atoms with Crippen LogP contribution in [0.15, 0.2) is 0 Å². The number of nitrogens with zero attached hydrogens (tertiary/aromatic N) is 1. The lowest BCUT2D eigenvalue weighted by molar-refractivity contribution is -0.145. The third kappa shape index (κ3) is 9.04. The van der Waals surface area contributed by atoms with Crippen LogP contribution in [0.1, 0.15) is 52.4 Å². The Morgan fingerprint density at radius 3 is 2.15 bits per heavy atom. The predicted octanol–water partition coefficient (Wildman–Crippen LogP) is -1.26. The molecule has 0 aliphatic carbocycles. The molecule has 3 amide bonds. The Morgan fingerprint density at radius 2 is 1.64 bits per heavy atom. The third-order valence-electron chi connectivity index (χ3n) is 5.15. The molecule has 1 aliphatic heterocycles. The van der Waals surface area contributed by atoms with Crippen molar-refractivity contribution in [2.24, 2.45) is 11.7 Å². The number of amides is 3. The molecule has 1 fully saturated rings. The maximum atomic E-state index is 12.9. The standard InChI is InChI=1S/C20H32N4O9/c1-10(2)8-13(20(32)33)23-17(29)12(5-6-15(25)26)22-18(30)14-4-3-7-24(14)19(31)11(21)9-16(27)28/h10-14H,3-9,21H2,1-2H3,(H,22,30)(H,23,29)(H,25,26)(H,27,28)(H,32,33). The van der Waals surface area contributed by atoms with Gasteiger partial charge in [-0.05, 0) is 31.6 Å². The van der Waals surface area contributed by atoms with Crippen molar-refractivity contribution in [3.63, 3.8) is 0 Å². The molecule has 0 radical (unpaired) electrons. The van der Waals surface area contributed by atoms with Crippen molar-refractivity contribution in [2.75, 3.05) is 6.54 Å². The second kappa shape index (κ2) is 12.7. The van der Waals surface area contributed by atoms with Gasteiger partial charge in [-0.1, -0.05) is 13.8 Å². The first-order valence-electron chi connectivity index (χ1n) is 10.7. The zero-order chi connectivity index (χ0) is 25.3. The summed E-state index contributed by atoms with van der Waals surface area (Å²) in [5, 5.41) is 31.9. The monoisotopic (exact) mass is 472 g/mol. The molecule has 0 aromatic carbocycles. The molecule has 4 atom stereocenters. The fourth-order valence-corrected chi connectivity index (χ4v) is 3.56. The van der Waals surface area contributed by atoms with Crippen molar-refractivity contribution in [1.29, 1.82) is 0 Å². The number of nitrogens with two attached hydrogens (primary N) is 1. The second-order valence-corrected chi connectivity index (χ2v) is 8.42. The summed E-state index contributed by atoms with van der Waals surface area (Å²) in [7, 11) is 0. The van der Waals surface area contributed by atoms with Gasteiger partial charge in [0.1, 0.15) is 18.1 Å². The summed E-state index contributed by atoms with van der Waals surface area (Å²) < 4.78 is 0. The third-order valence-corrected chi connectivity index (χ3v) is 5.15. The smallest absolute Gasteiger partial charge is 0.326 e.